The third kappa shape index (κ3) is 3.25. The van der Waals surface area contributed by atoms with Crippen molar-refractivity contribution in [1.29, 1.82) is 0 Å². The molecule has 0 bridgehead atoms. The molecule has 1 N–H and O–H groups in total. The van der Waals surface area contributed by atoms with Crippen LogP contribution < -0.4 is 5.32 Å². The molecule has 106 valence electrons. The molecule has 0 saturated carbocycles. The van der Waals surface area contributed by atoms with Crippen molar-refractivity contribution >= 4 is 0 Å². The predicted molar refractivity (Wildman–Crippen MR) is 75.9 cm³/mol. The summed E-state index contributed by atoms with van der Waals surface area (Å²) in [4.78, 5) is 2.71. The van der Waals surface area contributed by atoms with Crippen molar-refractivity contribution in [3.05, 3.63) is 0 Å². The second-order valence-corrected chi connectivity index (χ2v) is 6.09. The number of nitrogens with zero attached hydrogens (tertiary/aromatic N) is 1. The minimum absolute atomic E-state index is 0.586. The molecule has 0 aliphatic carbocycles. The summed E-state index contributed by atoms with van der Waals surface area (Å²) in [6.07, 6.45) is 5.12. The van der Waals surface area contributed by atoms with E-state index in [1.54, 1.807) is 0 Å². The zero-order valence-corrected chi connectivity index (χ0v) is 12.3. The van der Waals surface area contributed by atoms with Gasteiger partial charge in [0.2, 0.25) is 0 Å². The van der Waals surface area contributed by atoms with Gasteiger partial charge >= 0.3 is 0 Å². The number of likely N-dealkylation sites (tertiary alicyclic amines) is 1. The highest BCUT2D eigenvalue weighted by atomic mass is 16.5. The van der Waals surface area contributed by atoms with Crippen LogP contribution in [0.5, 0.6) is 0 Å². The van der Waals surface area contributed by atoms with Gasteiger partial charge in [0.05, 0.1) is 6.61 Å². The summed E-state index contributed by atoms with van der Waals surface area (Å²) in [5, 5.41) is 3.73. The largest absolute Gasteiger partial charge is 0.380 e. The summed E-state index contributed by atoms with van der Waals surface area (Å²) in [5.74, 6) is 0.826. The fraction of sp³-hybridized carbons (Fsp3) is 1.00. The van der Waals surface area contributed by atoms with Gasteiger partial charge in [-0.2, -0.15) is 0 Å². The van der Waals surface area contributed by atoms with Crippen molar-refractivity contribution in [2.45, 2.75) is 64.6 Å². The van der Waals surface area contributed by atoms with E-state index < -0.39 is 0 Å². The Morgan fingerprint density at radius 3 is 2.89 bits per heavy atom. The highest BCUT2D eigenvalue weighted by molar-refractivity contribution is 4.92. The monoisotopic (exact) mass is 254 g/mol. The zero-order chi connectivity index (χ0) is 13.0. The Bertz CT molecular complexity index is 247. The van der Waals surface area contributed by atoms with E-state index in [1.807, 2.05) is 0 Å². The van der Waals surface area contributed by atoms with Crippen molar-refractivity contribution in [3.8, 4) is 0 Å². The maximum Gasteiger partial charge on any atom is 0.0637 e. The molecule has 2 aliphatic heterocycles. The van der Waals surface area contributed by atoms with Crippen LogP contribution in [0, 0.1) is 5.92 Å². The van der Waals surface area contributed by atoms with E-state index >= 15 is 0 Å². The number of nitrogens with one attached hydrogen (secondary N) is 1. The molecule has 4 unspecified atom stereocenters. The molecule has 2 fully saturated rings. The second kappa shape index (κ2) is 6.88. The highest BCUT2D eigenvalue weighted by Gasteiger charge is 2.36. The van der Waals surface area contributed by atoms with Crippen LogP contribution >= 0.6 is 0 Å². The number of hydrogen-bond donors (Lipinski definition) is 1. The summed E-state index contributed by atoms with van der Waals surface area (Å²) in [6, 6.07) is 1.92. The first kappa shape index (κ1) is 14.3. The quantitative estimate of drug-likeness (QED) is 0.833. The average molecular weight is 254 g/mol. The molecule has 0 radical (unpaired) electrons. The van der Waals surface area contributed by atoms with Crippen LogP contribution in [-0.4, -0.2) is 49.3 Å². The van der Waals surface area contributed by atoms with E-state index in [9.17, 15) is 0 Å². The SMILES string of the molecule is CCCNC1CCOCC1N1CCCC(C)C1C. The van der Waals surface area contributed by atoms with Crippen molar-refractivity contribution in [2.75, 3.05) is 26.3 Å². The summed E-state index contributed by atoms with van der Waals surface area (Å²) in [5.41, 5.74) is 0. The molecule has 0 aromatic carbocycles. The van der Waals surface area contributed by atoms with Gasteiger partial charge in [0, 0.05) is 24.7 Å². The van der Waals surface area contributed by atoms with Gasteiger partial charge in [-0.3, -0.25) is 4.90 Å². The van der Waals surface area contributed by atoms with Gasteiger partial charge in [0.15, 0.2) is 0 Å². The molecule has 2 aliphatic rings. The summed E-state index contributed by atoms with van der Waals surface area (Å²) in [6.45, 7) is 11.3. The lowest BCUT2D eigenvalue weighted by molar-refractivity contribution is -0.0375. The van der Waals surface area contributed by atoms with Gasteiger partial charge in [0.25, 0.3) is 0 Å². The average Bonchev–Trinajstić information content (AvgIpc) is 2.40. The highest BCUT2D eigenvalue weighted by Crippen LogP contribution is 2.27. The minimum Gasteiger partial charge on any atom is -0.380 e. The minimum atomic E-state index is 0.586. The summed E-state index contributed by atoms with van der Waals surface area (Å²) in [7, 11) is 0. The molecule has 2 rings (SSSR count). The maximum absolute atomic E-state index is 5.75. The number of ether oxygens (including phenoxy) is 1. The van der Waals surface area contributed by atoms with Crippen LogP contribution in [0.25, 0.3) is 0 Å². The fourth-order valence-corrected chi connectivity index (χ4v) is 3.45. The molecule has 4 atom stereocenters. The third-order valence-corrected chi connectivity index (χ3v) is 4.83. The fourth-order valence-electron chi connectivity index (χ4n) is 3.45. The number of hydrogen-bond acceptors (Lipinski definition) is 3. The lowest BCUT2D eigenvalue weighted by Gasteiger charge is -2.47. The Labute approximate surface area is 112 Å². The topological polar surface area (TPSA) is 24.5 Å². The van der Waals surface area contributed by atoms with E-state index in [1.165, 1.54) is 32.2 Å². The van der Waals surface area contributed by atoms with E-state index in [-0.39, 0.29) is 0 Å². The van der Waals surface area contributed by atoms with Crippen LogP contribution in [0.2, 0.25) is 0 Å². The first-order valence-corrected chi connectivity index (χ1v) is 7.81. The van der Waals surface area contributed by atoms with E-state index in [0.29, 0.717) is 18.1 Å². The Hall–Kier alpha value is -0.120. The van der Waals surface area contributed by atoms with Crippen LogP contribution in [0.1, 0.15) is 46.5 Å². The standard InChI is InChI=1S/C15H30N2O/c1-4-8-16-14-7-10-18-11-15(14)17-9-5-6-12(2)13(17)3/h12-16H,4-11H2,1-3H3. The number of rotatable bonds is 4. The third-order valence-electron chi connectivity index (χ3n) is 4.83. The van der Waals surface area contributed by atoms with Crippen molar-refractivity contribution in [2.24, 2.45) is 5.92 Å². The lowest BCUT2D eigenvalue weighted by atomic mass is 9.88. The molecule has 3 nitrogen and oxygen atoms in total. The van der Waals surface area contributed by atoms with Crippen molar-refractivity contribution in [1.82, 2.24) is 10.2 Å². The molecular formula is C15H30N2O. The first-order chi connectivity index (χ1) is 8.74. The van der Waals surface area contributed by atoms with Gasteiger partial charge in [-0.05, 0) is 51.6 Å². The van der Waals surface area contributed by atoms with Gasteiger partial charge < -0.3 is 10.1 Å². The van der Waals surface area contributed by atoms with E-state index in [0.717, 1.165) is 25.7 Å². The summed E-state index contributed by atoms with van der Waals surface area (Å²) < 4.78 is 5.75. The Balaban J connectivity index is 1.98. The molecule has 2 heterocycles. The first-order valence-electron chi connectivity index (χ1n) is 7.81. The van der Waals surface area contributed by atoms with Crippen molar-refractivity contribution in [3.63, 3.8) is 0 Å². The summed E-state index contributed by atoms with van der Waals surface area (Å²) >= 11 is 0. The van der Waals surface area contributed by atoms with E-state index in [4.69, 9.17) is 4.74 Å². The Morgan fingerprint density at radius 2 is 2.11 bits per heavy atom. The second-order valence-electron chi connectivity index (χ2n) is 6.09. The van der Waals surface area contributed by atoms with Gasteiger partial charge in [-0.1, -0.05) is 13.8 Å². The molecule has 0 amide bonds. The van der Waals surface area contributed by atoms with Gasteiger partial charge in [-0.15, -0.1) is 0 Å². The van der Waals surface area contributed by atoms with Crippen LogP contribution in [0.15, 0.2) is 0 Å². The Morgan fingerprint density at radius 1 is 1.28 bits per heavy atom. The van der Waals surface area contributed by atoms with Crippen molar-refractivity contribution < 1.29 is 4.74 Å². The molecule has 0 spiro atoms. The molecule has 2 saturated heterocycles. The molecule has 3 heteroatoms. The van der Waals surface area contributed by atoms with Crippen LogP contribution in [0.3, 0.4) is 0 Å². The van der Waals surface area contributed by atoms with Crippen LogP contribution in [-0.2, 0) is 4.74 Å². The molecule has 0 aromatic rings. The lowest BCUT2D eigenvalue weighted by Crippen LogP contribution is -2.60. The Kier molecular flexibility index (Phi) is 5.46. The smallest absolute Gasteiger partial charge is 0.0637 e. The predicted octanol–water partition coefficient (Wildman–Crippen LogP) is 2.26. The van der Waals surface area contributed by atoms with Gasteiger partial charge in [-0.25, -0.2) is 0 Å². The van der Waals surface area contributed by atoms with Gasteiger partial charge in [0.1, 0.15) is 0 Å². The zero-order valence-electron chi connectivity index (χ0n) is 12.3. The van der Waals surface area contributed by atoms with E-state index in [2.05, 4.69) is 31.0 Å². The molecule has 0 aromatic heterocycles. The van der Waals surface area contributed by atoms with Crippen LogP contribution in [0.4, 0.5) is 0 Å². The normalized spacial score (nSPS) is 38.8. The molecule has 18 heavy (non-hydrogen) atoms. The number of piperidine rings is 1. The maximum atomic E-state index is 5.75. The molecular weight excluding hydrogens is 224 g/mol.